The number of nitrogens with zero attached hydrogens (tertiary/aromatic N) is 1. The van der Waals surface area contributed by atoms with Crippen molar-refractivity contribution in [1.82, 2.24) is 0 Å². The Morgan fingerprint density at radius 1 is 0.308 bits per heavy atom. The molecule has 2 nitrogen and oxygen atoms in total. The Bertz CT molecular complexity index is 2550. The average molecular weight is 666 g/mol. The van der Waals surface area contributed by atoms with Gasteiger partial charge in [-0.2, -0.15) is 0 Å². The van der Waals surface area contributed by atoms with Crippen LogP contribution in [0.5, 0.6) is 0 Å². The molecule has 0 unspecified atom stereocenters. The highest BCUT2D eigenvalue weighted by Gasteiger charge is 2.22. The second-order valence-corrected chi connectivity index (χ2v) is 13.0. The molecule has 9 rings (SSSR count). The fourth-order valence-corrected chi connectivity index (χ4v) is 7.07. The molecular formula is C50H35NO. The van der Waals surface area contributed by atoms with E-state index in [0.29, 0.717) is 0 Å². The van der Waals surface area contributed by atoms with E-state index in [1.807, 2.05) is 12.1 Å². The first-order valence-corrected chi connectivity index (χ1v) is 17.7. The molecule has 0 fully saturated rings. The van der Waals surface area contributed by atoms with Gasteiger partial charge in [-0.15, -0.1) is 0 Å². The Hall–Kier alpha value is -6.90. The van der Waals surface area contributed by atoms with Crippen LogP contribution >= 0.6 is 0 Å². The molecule has 0 atom stereocenters. The minimum absolute atomic E-state index is 0.835. The quantitative estimate of drug-likeness (QED) is 0.161. The van der Waals surface area contributed by atoms with Crippen molar-refractivity contribution in [2.24, 2.45) is 0 Å². The van der Waals surface area contributed by atoms with Gasteiger partial charge in [0, 0.05) is 22.2 Å². The molecule has 2 heteroatoms. The summed E-state index contributed by atoms with van der Waals surface area (Å²) in [6.07, 6.45) is 0. The van der Waals surface area contributed by atoms with Crippen LogP contribution in [-0.2, 0) is 0 Å². The van der Waals surface area contributed by atoms with Crippen molar-refractivity contribution >= 4 is 28.0 Å². The maximum Gasteiger partial charge on any atom is 0.137 e. The van der Waals surface area contributed by atoms with E-state index in [1.165, 1.54) is 33.4 Å². The van der Waals surface area contributed by atoms with Crippen molar-refractivity contribution in [3.63, 3.8) is 0 Å². The average Bonchev–Trinajstić information content (AvgIpc) is 3.67. The third kappa shape index (κ3) is 6.08. The monoisotopic (exact) mass is 665 g/mol. The number of anilines is 3. The minimum Gasteiger partial charge on any atom is -0.456 e. The summed E-state index contributed by atoms with van der Waals surface area (Å²) in [5, 5.41) is 1.08. The van der Waals surface area contributed by atoms with E-state index in [0.717, 1.165) is 50.5 Å². The summed E-state index contributed by atoms with van der Waals surface area (Å²) in [6, 6.07) is 75.2. The molecule has 1 aromatic heterocycles. The molecule has 0 radical (unpaired) electrons. The Kier molecular flexibility index (Phi) is 8.24. The first kappa shape index (κ1) is 31.1. The van der Waals surface area contributed by atoms with Gasteiger partial charge in [0.15, 0.2) is 0 Å². The highest BCUT2D eigenvalue weighted by Crippen LogP contribution is 2.46. The highest BCUT2D eigenvalue weighted by atomic mass is 16.3. The zero-order valence-corrected chi connectivity index (χ0v) is 28.6. The van der Waals surface area contributed by atoms with Gasteiger partial charge >= 0.3 is 0 Å². The summed E-state index contributed by atoms with van der Waals surface area (Å²) in [5.41, 5.74) is 14.5. The third-order valence-corrected chi connectivity index (χ3v) is 9.73. The van der Waals surface area contributed by atoms with Crippen molar-refractivity contribution in [3.8, 4) is 55.8 Å². The fraction of sp³-hybridized carbons (Fsp3) is 0. The second-order valence-electron chi connectivity index (χ2n) is 13.0. The second kappa shape index (κ2) is 13.8. The lowest BCUT2D eigenvalue weighted by atomic mass is 9.97. The number of benzene rings is 8. The molecule has 0 spiro atoms. The van der Waals surface area contributed by atoms with Crippen LogP contribution in [0.25, 0.3) is 66.8 Å². The van der Waals surface area contributed by atoms with Gasteiger partial charge in [0.25, 0.3) is 0 Å². The van der Waals surface area contributed by atoms with Crippen LogP contribution in [0.2, 0.25) is 0 Å². The van der Waals surface area contributed by atoms with Crippen molar-refractivity contribution in [2.75, 3.05) is 4.90 Å². The molecule has 52 heavy (non-hydrogen) atoms. The van der Waals surface area contributed by atoms with Crippen molar-refractivity contribution in [3.05, 3.63) is 212 Å². The number of para-hydroxylation sites is 3. The van der Waals surface area contributed by atoms with Crippen LogP contribution in [0.3, 0.4) is 0 Å². The Morgan fingerprint density at radius 2 is 0.712 bits per heavy atom. The maximum absolute atomic E-state index is 6.48. The predicted octanol–water partition coefficient (Wildman–Crippen LogP) is 14.2. The number of hydrogen-bond donors (Lipinski definition) is 0. The topological polar surface area (TPSA) is 16.4 Å². The number of furan rings is 1. The summed E-state index contributed by atoms with van der Waals surface area (Å²) in [6.45, 7) is 0. The van der Waals surface area contributed by atoms with Crippen LogP contribution in [0.1, 0.15) is 0 Å². The van der Waals surface area contributed by atoms with E-state index < -0.39 is 0 Å². The van der Waals surface area contributed by atoms with Crippen LogP contribution in [-0.4, -0.2) is 0 Å². The van der Waals surface area contributed by atoms with E-state index in [2.05, 4.69) is 205 Å². The van der Waals surface area contributed by atoms with Gasteiger partial charge in [-0.3, -0.25) is 0 Å². The molecule has 0 aliphatic rings. The third-order valence-electron chi connectivity index (χ3n) is 9.73. The largest absolute Gasteiger partial charge is 0.456 e. The van der Waals surface area contributed by atoms with Crippen LogP contribution in [0.15, 0.2) is 217 Å². The lowest BCUT2D eigenvalue weighted by Crippen LogP contribution is -2.12. The van der Waals surface area contributed by atoms with Gasteiger partial charge in [-0.25, -0.2) is 0 Å². The van der Waals surface area contributed by atoms with Crippen molar-refractivity contribution in [2.45, 2.75) is 0 Å². The molecular weight excluding hydrogens is 631 g/mol. The molecule has 0 bridgehead atoms. The van der Waals surface area contributed by atoms with Gasteiger partial charge in [0.05, 0.1) is 11.4 Å². The van der Waals surface area contributed by atoms with Gasteiger partial charge in [0.1, 0.15) is 11.3 Å². The SMILES string of the molecule is c1ccc(-c2ccc(-c3ccc(N(c4ccccc4-c4ccc(-c5ccccc5)cc4)c4ccccc4-c4cc5ccccc5o4)cc3)cc2)cc1. The number of fused-ring (bicyclic) bond motifs is 1. The number of rotatable bonds is 8. The first-order valence-electron chi connectivity index (χ1n) is 17.7. The van der Waals surface area contributed by atoms with Gasteiger partial charge in [0.2, 0.25) is 0 Å². The zero-order valence-electron chi connectivity index (χ0n) is 28.6. The van der Waals surface area contributed by atoms with Gasteiger partial charge in [-0.1, -0.05) is 170 Å². The maximum atomic E-state index is 6.48. The molecule has 0 aliphatic heterocycles. The van der Waals surface area contributed by atoms with Crippen LogP contribution in [0.4, 0.5) is 17.1 Å². The molecule has 1 heterocycles. The molecule has 8 aromatic carbocycles. The van der Waals surface area contributed by atoms with E-state index in [9.17, 15) is 0 Å². The molecule has 9 aromatic rings. The van der Waals surface area contributed by atoms with E-state index in [-0.39, 0.29) is 0 Å². The summed E-state index contributed by atoms with van der Waals surface area (Å²) in [5.74, 6) is 0.835. The highest BCUT2D eigenvalue weighted by molar-refractivity contribution is 5.95. The molecule has 0 saturated heterocycles. The summed E-state index contributed by atoms with van der Waals surface area (Å²) in [4.78, 5) is 2.37. The van der Waals surface area contributed by atoms with E-state index >= 15 is 0 Å². The number of hydrogen-bond acceptors (Lipinski definition) is 2. The van der Waals surface area contributed by atoms with Gasteiger partial charge < -0.3 is 9.32 Å². The fourth-order valence-electron chi connectivity index (χ4n) is 7.07. The summed E-state index contributed by atoms with van der Waals surface area (Å²) >= 11 is 0. The van der Waals surface area contributed by atoms with Crippen molar-refractivity contribution < 1.29 is 4.42 Å². The standard InChI is InChI=1S/C50H35NO/c1-3-13-36(14-4-1)38-23-25-40(26-24-38)41-31-33-44(34-32-41)51(48-21-11-9-19-46(48)50-35-43-17-7-12-22-49(43)52-50)47-20-10-8-18-45(47)42-29-27-39(28-30-42)37-15-5-2-6-16-37/h1-35H. The van der Waals surface area contributed by atoms with Crippen LogP contribution in [0, 0.1) is 0 Å². The van der Waals surface area contributed by atoms with Crippen molar-refractivity contribution in [1.29, 1.82) is 0 Å². The van der Waals surface area contributed by atoms with Gasteiger partial charge in [-0.05, 0) is 81.4 Å². The molecule has 0 saturated carbocycles. The Labute approximate surface area is 304 Å². The lowest BCUT2D eigenvalue weighted by molar-refractivity contribution is 0.631. The van der Waals surface area contributed by atoms with Crippen LogP contribution < -0.4 is 4.90 Å². The Balaban J connectivity index is 1.15. The summed E-state index contributed by atoms with van der Waals surface area (Å²) < 4.78 is 6.48. The van der Waals surface area contributed by atoms with E-state index in [1.54, 1.807) is 0 Å². The zero-order chi connectivity index (χ0) is 34.7. The first-order chi connectivity index (χ1) is 25.8. The molecule has 0 aliphatic carbocycles. The Morgan fingerprint density at radius 3 is 1.27 bits per heavy atom. The predicted molar refractivity (Wildman–Crippen MR) is 218 cm³/mol. The molecule has 246 valence electrons. The minimum atomic E-state index is 0.835. The summed E-state index contributed by atoms with van der Waals surface area (Å²) in [7, 11) is 0. The smallest absolute Gasteiger partial charge is 0.137 e. The lowest BCUT2D eigenvalue weighted by Gasteiger charge is -2.29. The molecule has 0 N–H and O–H groups in total. The van der Waals surface area contributed by atoms with E-state index in [4.69, 9.17) is 4.42 Å². The normalized spacial score (nSPS) is 11.1. The molecule has 0 amide bonds.